The number of aromatic nitrogens is 3. The molecule has 1 atom stereocenters. The van der Waals surface area contributed by atoms with Crippen LogP contribution in [0.5, 0.6) is 11.5 Å². The van der Waals surface area contributed by atoms with E-state index in [1.165, 1.54) is 48.8 Å². The van der Waals surface area contributed by atoms with Gasteiger partial charge in [0.1, 0.15) is 11.4 Å². The molecule has 1 saturated carbocycles. The van der Waals surface area contributed by atoms with E-state index < -0.39 is 0 Å². The van der Waals surface area contributed by atoms with E-state index in [0.29, 0.717) is 23.3 Å². The molecule has 0 radical (unpaired) electrons. The zero-order valence-corrected chi connectivity index (χ0v) is 36.8. The molecule has 11 rings (SSSR count). The molecule has 0 bridgehead atoms. The Morgan fingerprint density at radius 3 is 2.22 bits per heavy atom. The molecule has 0 spiro atoms. The Morgan fingerprint density at radius 1 is 0.661 bits per heavy atom. The first-order valence-corrected chi connectivity index (χ1v) is 21.0. The van der Waals surface area contributed by atoms with Gasteiger partial charge in [0.15, 0.2) is 0 Å². The third kappa shape index (κ3) is 5.82. The van der Waals surface area contributed by atoms with Gasteiger partial charge in [-0.15, -0.1) is 17.5 Å². The maximum Gasteiger partial charge on any atom is 2.00 e. The van der Waals surface area contributed by atoms with Crippen molar-refractivity contribution in [1.29, 1.82) is 0 Å². The molecule has 0 N–H and O–H groups in total. The molecule has 4 heterocycles. The van der Waals surface area contributed by atoms with Crippen molar-refractivity contribution in [2.45, 2.75) is 84.5 Å². The van der Waals surface area contributed by atoms with Crippen LogP contribution in [0, 0.1) is 37.8 Å². The molecule has 1 fully saturated rings. The maximum atomic E-state index is 6.91. The molecule has 2 aliphatic rings. The first-order chi connectivity index (χ1) is 28.1. The van der Waals surface area contributed by atoms with Crippen LogP contribution in [-0.2, 0) is 31.9 Å². The monoisotopic (exact) mass is 952 g/mol. The second-order valence-corrected chi connectivity index (χ2v) is 18.1. The second-order valence-electron chi connectivity index (χ2n) is 18.1. The van der Waals surface area contributed by atoms with Gasteiger partial charge >= 0.3 is 21.1 Å². The molecule has 296 valence electrons. The van der Waals surface area contributed by atoms with Gasteiger partial charge in [0.05, 0.1) is 5.58 Å². The molecule has 1 unspecified atom stereocenters. The fourth-order valence-electron chi connectivity index (χ4n) is 11.3. The van der Waals surface area contributed by atoms with Crippen molar-refractivity contribution in [1.82, 2.24) is 14.5 Å². The first kappa shape index (κ1) is 38.0. The first-order valence-electron chi connectivity index (χ1n) is 21.0. The normalized spacial score (nSPS) is 17.6. The third-order valence-electron chi connectivity index (χ3n) is 14.0. The predicted octanol–water partition coefficient (Wildman–Crippen LogP) is 14.1. The summed E-state index contributed by atoms with van der Waals surface area (Å²) in [6.07, 6.45) is 10.8. The van der Waals surface area contributed by atoms with Crippen LogP contribution in [-0.4, -0.2) is 14.5 Å². The molecule has 2 aliphatic carbocycles. The zero-order valence-electron chi connectivity index (χ0n) is 34.5. The Kier molecular flexibility index (Phi) is 8.96. The van der Waals surface area contributed by atoms with Gasteiger partial charge in [0.25, 0.3) is 0 Å². The quantitative estimate of drug-likeness (QED) is 0.161. The number of ether oxygens (including phenoxy) is 1. The molecule has 5 nitrogen and oxygen atoms in total. The van der Waals surface area contributed by atoms with Crippen molar-refractivity contribution in [3.8, 4) is 28.6 Å². The zero-order chi connectivity index (χ0) is 39.5. The third-order valence-corrected chi connectivity index (χ3v) is 14.0. The average Bonchev–Trinajstić information content (AvgIpc) is 3.82. The van der Waals surface area contributed by atoms with Gasteiger partial charge in [-0.1, -0.05) is 149 Å². The minimum atomic E-state index is -0.0104. The van der Waals surface area contributed by atoms with E-state index in [4.69, 9.17) is 19.1 Å². The summed E-state index contributed by atoms with van der Waals surface area (Å²) >= 11 is 0. The number of furan rings is 1. The van der Waals surface area contributed by atoms with Crippen LogP contribution < -0.4 is 4.74 Å². The summed E-state index contributed by atoms with van der Waals surface area (Å²) in [5.41, 5.74) is 10.4. The van der Waals surface area contributed by atoms with Crippen LogP contribution in [0.1, 0.15) is 82.1 Å². The number of para-hydroxylation sites is 1. The number of rotatable bonds is 5. The van der Waals surface area contributed by atoms with E-state index >= 15 is 0 Å². The van der Waals surface area contributed by atoms with E-state index in [1.807, 2.05) is 12.3 Å². The maximum absolute atomic E-state index is 6.91. The summed E-state index contributed by atoms with van der Waals surface area (Å²) in [5.74, 6) is 3.30. The average molecular weight is 953 g/mol. The van der Waals surface area contributed by atoms with E-state index in [2.05, 4.69) is 149 Å². The number of benzene rings is 5. The predicted molar refractivity (Wildman–Crippen MR) is 236 cm³/mol. The van der Waals surface area contributed by atoms with Gasteiger partial charge in [-0.25, -0.2) is 4.98 Å². The van der Waals surface area contributed by atoms with Crippen molar-refractivity contribution < 1.29 is 30.2 Å². The Bertz CT molecular complexity index is 3130. The Labute approximate surface area is 360 Å². The summed E-state index contributed by atoms with van der Waals surface area (Å²) < 4.78 is 15.9. The van der Waals surface area contributed by atoms with Crippen LogP contribution in [0.3, 0.4) is 0 Å². The van der Waals surface area contributed by atoms with Crippen molar-refractivity contribution in [3.63, 3.8) is 0 Å². The van der Waals surface area contributed by atoms with Gasteiger partial charge in [-0.05, 0) is 87.4 Å². The van der Waals surface area contributed by atoms with Crippen molar-refractivity contribution in [2.24, 2.45) is 11.8 Å². The minimum Gasteiger partial charge on any atom is -0.503 e. The smallest absolute Gasteiger partial charge is 0.503 e. The molecular weight excluding hydrogens is 906 g/mol. The second kappa shape index (κ2) is 13.9. The fourth-order valence-corrected chi connectivity index (χ4v) is 11.3. The summed E-state index contributed by atoms with van der Waals surface area (Å²) in [6, 6.07) is 39.3. The van der Waals surface area contributed by atoms with Gasteiger partial charge in [-0.3, -0.25) is 0 Å². The molecule has 5 aromatic carbocycles. The molecule has 4 aromatic heterocycles. The topological polar surface area (TPSA) is 53.1 Å². The van der Waals surface area contributed by atoms with Gasteiger partial charge < -0.3 is 18.7 Å². The van der Waals surface area contributed by atoms with Crippen molar-refractivity contribution in [2.75, 3.05) is 0 Å². The molecule has 0 amide bonds. The minimum absolute atomic E-state index is 0. The molecule has 6 heteroatoms. The van der Waals surface area contributed by atoms with Gasteiger partial charge in [0.2, 0.25) is 0 Å². The Balaban J connectivity index is 0.00000420. The van der Waals surface area contributed by atoms with E-state index in [0.717, 1.165) is 77.2 Å². The fraction of sp³-hybridized carbons (Fsp3) is 0.283. The van der Waals surface area contributed by atoms with E-state index in [9.17, 15) is 0 Å². The van der Waals surface area contributed by atoms with Gasteiger partial charge in [0, 0.05) is 40.2 Å². The molecule has 0 saturated heterocycles. The van der Waals surface area contributed by atoms with Crippen molar-refractivity contribution >= 4 is 54.5 Å². The van der Waals surface area contributed by atoms with Crippen LogP contribution in [0.4, 0.5) is 0 Å². The van der Waals surface area contributed by atoms with E-state index in [1.54, 1.807) is 0 Å². The van der Waals surface area contributed by atoms with Crippen LogP contribution in [0.25, 0.3) is 71.6 Å². The molecule has 59 heavy (non-hydrogen) atoms. The van der Waals surface area contributed by atoms with Gasteiger partial charge in [-0.2, -0.15) is 6.07 Å². The molecule has 9 aromatic rings. The summed E-state index contributed by atoms with van der Waals surface area (Å²) in [6.45, 7) is 14.1. The number of hydrogen-bond acceptors (Lipinski definition) is 4. The number of hydrogen-bond donors (Lipinski definition) is 0. The molecular formula is C53H47N3O2Pt. The number of nitrogens with zero attached hydrogens (tertiary/aromatic N) is 3. The summed E-state index contributed by atoms with van der Waals surface area (Å²) in [4.78, 5) is 10.1. The molecule has 0 aliphatic heterocycles. The number of pyridine rings is 2. The number of fused-ring (bicyclic) bond motifs is 9. The van der Waals surface area contributed by atoms with Crippen LogP contribution in [0.15, 0.2) is 108 Å². The number of aryl methyl sites for hydroxylation is 2. The van der Waals surface area contributed by atoms with E-state index in [-0.39, 0.29) is 31.9 Å². The summed E-state index contributed by atoms with van der Waals surface area (Å²) in [5, 5.41) is 6.47. The largest absolute Gasteiger partial charge is 2.00 e. The van der Waals surface area contributed by atoms with Crippen LogP contribution >= 0.6 is 0 Å². The SMILES string of the molecule is Cc1cnc(-n2c3[c-]c(Oc4[c-]c(-c5cc6c(cn5)C(C)(C)C(C5CCCCC5)C6(C)C)c5oc6c7ccccc7ccc6c5c4)ccc3c3ccccc32)cc1C.[Pt+2]. The van der Waals surface area contributed by atoms with Crippen molar-refractivity contribution in [3.05, 3.63) is 138 Å². The Morgan fingerprint density at radius 2 is 1.41 bits per heavy atom. The Hall–Kier alpha value is -5.25. The summed E-state index contributed by atoms with van der Waals surface area (Å²) in [7, 11) is 0. The standard InChI is InChI=1S/C53H47N3O2.Pt/c1-31-24-48(55-29-32(31)2)56-46-19-13-12-18-38(46)39-23-21-35(27-47(39)56)57-36-25-41-40-22-20-33-14-10-11-17-37(33)49(40)58-50(41)42(26-36)45-28-43-44(30-54-45)53(5,6)51(52(43,3)4)34-15-8-7-9-16-34;/h10-14,17-25,28-30,34,51H,7-9,15-16H2,1-6H3;/q-2;+2. The van der Waals surface area contributed by atoms with Crippen LogP contribution in [0.2, 0.25) is 0 Å².